The molecule has 1 rings (SSSR count). The average molecular weight is 227 g/mol. The maximum atomic E-state index is 5.90. The quantitative estimate of drug-likeness (QED) is 0.770. The maximum absolute atomic E-state index is 5.90. The van der Waals surface area contributed by atoms with E-state index < -0.39 is 0 Å². The molecule has 3 heteroatoms. The number of nitrogen functional groups attached to an aromatic ring is 1. The molecule has 1 unspecified atom stereocenters. The fraction of sp³-hybridized carbons (Fsp3) is 0.500. The molecule has 1 aromatic carbocycles. The van der Waals surface area contributed by atoms with Gasteiger partial charge in [-0.05, 0) is 30.0 Å². The van der Waals surface area contributed by atoms with Crippen LogP contribution in [0.25, 0.3) is 0 Å². The van der Waals surface area contributed by atoms with Gasteiger partial charge in [-0.3, -0.25) is 0 Å². The summed E-state index contributed by atoms with van der Waals surface area (Å²) >= 11 is 5.90. The average Bonchev–Trinajstić information content (AvgIpc) is 2.18. The molecule has 84 valence electrons. The standard InChI is InChI=1S/C12H19ClN2/c1-8(2)9(3)7-15-12-6-10(13)4-5-11(12)14/h4-6,8-9,15H,7,14H2,1-3H3. The summed E-state index contributed by atoms with van der Waals surface area (Å²) in [4.78, 5) is 0. The molecule has 0 radical (unpaired) electrons. The minimum Gasteiger partial charge on any atom is -0.397 e. The molecule has 0 saturated heterocycles. The molecule has 0 heterocycles. The summed E-state index contributed by atoms with van der Waals surface area (Å²) in [6.07, 6.45) is 0. The Morgan fingerprint density at radius 1 is 1.33 bits per heavy atom. The van der Waals surface area contributed by atoms with E-state index in [1.54, 1.807) is 6.07 Å². The van der Waals surface area contributed by atoms with E-state index in [0.29, 0.717) is 16.9 Å². The number of nitrogens with one attached hydrogen (secondary N) is 1. The zero-order chi connectivity index (χ0) is 11.4. The third-order valence-electron chi connectivity index (χ3n) is 2.77. The van der Waals surface area contributed by atoms with Gasteiger partial charge in [0.15, 0.2) is 0 Å². The van der Waals surface area contributed by atoms with E-state index in [9.17, 15) is 0 Å². The normalized spacial score (nSPS) is 12.9. The largest absolute Gasteiger partial charge is 0.397 e. The molecule has 1 atom stereocenters. The van der Waals surface area contributed by atoms with Crippen molar-refractivity contribution in [2.45, 2.75) is 20.8 Å². The first-order valence-electron chi connectivity index (χ1n) is 5.29. The molecule has 0 spiro atoms. The van der Waals surface area contributed by atoms with Gasteiger partial charge in [0.2, 0.25) is 0 Å². The molecule has 0 aliphatic heterocycles. The third kappa shape index (κ3) is 3.63. The molecule has 0 amide bonds. The van der Waals surface area contributed by atoms with Gasteiger partial charge in [-0.2, -0.15) is 0 Å². The van der Waals surface area contributed by atoms with Crippen LogP contribution in [0.1, 0.15) is 20.8 Å². The van der Waals surface area contributed by atoms with Gasteiger partial charge in [0.1, 0.15) is 0 Å². The van der Waals surface area contributed by atoms with Crippen molar-refractivity contribution in [3.63, 3.8) is 0 Å². The Hall–Kier alpha value is -0.890. The molecule has 0 aromatic heterocycles. The van der Waals surface area contributed by atoms with Crippen LogP contribution >= 0.6 is 11.6 Å². The third-order valence-corrected chi connectivity index (χ3v) is 3.00. The van der Waals surface area contributed by atoms with Crippen molar-refractivity contribution in [3.8, 4) is 0 Å². The molecular weight excluding hydrogens is 208 g/mol. The lowest BCUT2D eigenvalue weighted by Crippen LogP contribution is -2.16. The molecule has 0 aliphatic carbocycles. The summed E-state index contributed by atoms with van der Waals surface area (Å²) < 4.78 is 0. The van der Waals surface area contributed by atoms with Gasteiger partial charge >= 0.3 is 0 Å². The lowest BCUT2D eigenvalue weighted by Gasteiger charge is -2.17. The van der Waals surface area contributed by atoms with Crippen LogP contribution in [0, 0.1) is 11.8 Å². The summed E-state index contributed by atoms with van der Waals surface area (Å²) in [5.74, 6) is 1.28. The van der Waals surface area contributed by atoms with Crippen LogP contribution in [0.2, 0.25) is 5.02 Å². The van der Waals surface area contributed by atoms with Crippen LogP contribution in [0.5, 0.6) is 0 Å². The van der Waals surface area contributed by atoms with E-state index in [2.05, 4.69) is 26.1 Å². The molecular formula is C12H19ClN2. The Bertz CT molecular complexity index is 323. The van der Waals surface area contributed by atoms with Crippen molar-refractivity contribution in [1.82, 2.24) is 0 Å². The van der Waals surface area contributed by atoms with Crippen molar-refractivity contribution in [2.24, 2.45) is 11.8 Å². The van der Waals surface area contributed by atoms with Gasteiger partial charge in [-0.15, -0.1) is 0 Å². The van der Waals surface area contributed by atoms with Crippen LogP contribution in [0.3, 0.4) is 0 Å². The van der Waals surface area contributed by atoms with Crippen LogP contribution in [0.4, 0.5) is 11.4 Å². The number of nitrogens with two attached hydrogens (primary N) is 1. The van der Waals surface area contributed by atoms with E-state index in [1.165, 1.54) is 0 Å². The van der Waals surface area contributed by atoms with Crippen molar-refractivity contribution >= 4 is 23.0 Å². The smallest absolute Gasteiger partial charge is 0.0588 e. The van der Waals surface area contributed by atoms with Gasteiger partial charge < -0.3 is 11.1 Å². The van der Waals surface area contributed by atoms with Crippen LogP contribution < -0.4 is 11.1 Å². The number of benzene rings is 1. The second-order valence-corrected chi connectivity index (χ2v) is 4.77. The van der Waals surface area contributed by atoms with E-state index in [4.69, 9.17) is 17.3 Å². The van der Waals surface area contributed by atoms with Gasteiger partial charge in [0, 0.05) is 11.6 Å². The maximum Gasteiger partial charge on any atom is 0.0588 e. The van der Waals surface area contributed by atoms with Gasteiger partial charge in [0.25, 0.3) is 0 Å². The molecule has 0 aliphatic rings. The van der Waals surface area contributed by atoms with Crippen molar-refractivity contribution in [3.05, 3.63) is 23.2 Å². The Morgan fingerprint density at radius 3 is 2.60 bits per heavy atom. The number of halogens is 1. The van der Waals surface area contributed by atoms with E-state index in [-0.39, 0.29) is 0 Å². The molecule has 0 fully saturated rings. The zero-order valence-electron chi connectivity index (χ0n) is 9.55. The van der Waals surface area contributed by atoms with E-state index in [0.717, 1.165) is 17.9 Å². The molecule has 0 bridgehead atoms. The van der Waals surface area contributed by atoms with Crippen LogP contribution in [-0.2, 0) is 0 Å². The summed E-state index contributed by atoms with van der Waals surface area (Å²) in [5.41, 5.74) is 7.50. The van der Waals surface area contributed by atoms with E-state index >= 15 is 0 Å². The van der Waals surface area contributed by atoms with Gasteiger partial charge in [0.05, 0.1) is 11.4 Å². The summed E-state index contributed by atoms with van der Waals surface area (Å²) in [6, 6.07) is 5.49. The summed E-state index contributed by atoms with van der Waals surface area (Å²) in [5, 5.41) is 4.04. The van der Waals surface area contributed by atoms with Crippen molar-refractivity contribution in [1.29, 1.82) is 0 Å². The molecule has 1 aromatic rings. The number of anilines is 2. The molecule has 2 nitrogen and oxygen atoms in total. The Kier molecular flexibility index (Phi) is 4.28. The van der Waals surface area contributed by atoms with E-state index in [1.807, 2.05) is 12.1 Å². The predicted octanol–water partition coefficient (Wildman–Crippen LogP) is 3.63. The second-order valence-electron chi connectivity index (χ2n) is 4.33. The minimum atomic E-state index is 0.614. The minimum absolute atomic E-state index is 0.614. The highest BCUT2D eigenvalue weighted by molar-refractivity contribution is 6.31. The number of hydrogen-bond donors (Lipinski definition) is 2. The Morgan fingerprint density at radius 2 is 2.00 bits per heavy atom. The first-order chi connectivity index (χ1) is 7.00. The monoisotopic (exact) mass is 226 g/mol. The summed E-state index contributed by atoms with van der Waals surface area (Å²) in [6.45, 7) is 7.57. The fourth-order valence-electron chi connectivity index (χ4n) is 1.19. The predicted molar refractivity (Wildman–Crippen MR) is 68.4 cm³/mol. The first-order valence-corrected chi connectivity index (χ1v) is 5.67. The van der Waals surface area contributed by atoms with Crippen molar-refractivity contribution in [2.75, 3.05) is 17.6 Å². The summed E-state index contributed by atoms with van der Waals surface area (Å²) in [7, 11) is 0. The highest BCUT2D eigenvalue weighted by Crippen LogP contribution is 2.23. The second kappa shape index (κ2) is 5.26. The lowest BCUT2D eigenvalue weighted by atomic mass is 9.98. The van der Waals surface area contributed by atoms with Gasteiger partial charge in [-0.25, -0.2) is 0 Å². The van der Waals surface area contributed by atoms with Crippen LogP contribution in [0.15, 0.2) is 18.2 Å². The number of hydrogen-bond acceptors (Lipinski definition) is 2. The SMILES string of the molecule is CC(C)C(C)CNc1cc(Cl)ccc1N. The Labute approximate surface area is 96.8 Å². The lowest BCUT2D eigenvalue weighted by molar-refractivity contribution is 0.440. The molecule has 15 heavy (non-hydrogen) atoms. The molecule has 0 saturated carbocycles. The fourth-order valence-corrected chi connectivity index (χ4v) is 1.36. The van der Waals surface area contributed by atoms with Crippen molar-refractivity contribution < 1.29 is 0 Å². The highest BCUT2D eigenvalue weighted by atomic mass is 35.5. The first kappa shape index (κ1) is 12.2. The Balaban J connectivity index is 2.61. The zero-order valence-corrected chi connectivity index (χ0v) is 10.3. The highest BCUT2D eigenvalue weighted by Gasteiger charge is 2.07. The topological polar surface area (TPSA) is 38.0 Å². The molecule has 3 N–H and O–H groups in total. The van der Waals surface area contributed by atoms with Crippen LogP contribution in [-0.4, -0.2) is 6.54 Å². The van der Waals surface area contributed by atoms with Gasteiger partial charge in [-0.1, -0.05) is 32.4 Å². The number of rotatable bonds is 4.